The SMILES string of the molecule is CC(C)C(O)Oc1ccccc1. The number of hydrogen-bond donors (Lipinski definition) is 1. The van der Waals surface area contributed by atoms with Crippen LogP contribution < -0.4 is 4.74 Å². The van der Waals surface area contributed by atoms with Gasteiger partial charge < -0.3 is 9.84 Å². The molecule has 0 fully saturated rings. The van der Waals surface area contributed by atoms with Gasteiger partial charge in [-0.25, -0.2) is 0 Å². The lowest BCUT2D eigenvalue weighted by molar-refractivity contribution is -0.0515. The highest BCUT2D eigenvalue weighted by Gasteiger charge is 2.09. The van der Waals surface area contributed by atoms with E-state index in [-0.39, 0.29) is 5.92 Å². The molecule has 0 saturated heterocycles. The van der Waals surface area contributed by atoms with E-state index in [2.05, 4.69) is 0 Å². The van der Waals surface area contributed by atoms with Crippen molar-refractivity contribution in [2.24, 2.45) is 5.92 Å². The Hall–Kier alpha value is -1.02. The summed E-state index contributed by atoms with van der Waals surface area (Å²) in [4.78, 5) is 0. The summed E-state index contributed by atoms with van der Waals surface area (Å²) in [5, 5.41) is 9.36. The molecule has 1 aromatic carbocycles. The zero-order chi connectivity index (χ0) is 8.97. The first kappa shape index (κ1) is 9.07. The Morgan fingerprint density at radius 2 is 1.75 bits per heavy atom. The van der Waals surface area contributed by atoms with Crippen LogP contribution in [0.1, 0.15) is 13.8 Å². The molecule has 1 aromatic rings. The topological polar surface area (TPSA) is 29.5 Å². The van der Waals surface area contributed by atoms with Crippen molar-refractivity contribution in [1.29, 1.82) is 0 Å². The second-order valence-corrected chi connectivity index (χ2v) is 3.07. The third-order valence-corrected chi connectivity index (χ3v) is 1.57. The van der Waals surface area contributed by atoms with Crippen LogP contribution in [0.5, 0.6) is 5.75 Å². The zero-order valence-electron chi connectivity index (χ0n) is 7.40. The molecule has 0 aliphatic carbocycles. The van der Waals surface area contributed by atoms with Crippen LogP contribution in [-0.4, -0.2) is 11.4 Å². The summed E-state index contributed by atoms with van der Waals surface area (Å²) in [5.74, 6) is 0.823. The Kier molecular flexibility index (Phi) is 3.11. The molecule has 1 atom stereocenters. The lowest BCUT2D eigenvalue weighted by Crippen LogP contribution is -2.21. The van der Waals surface area contributed by atoms with E-state index in [1.165, 1.54) is 0 Å². The van der Waals surface area contributed by atoms with Crippen molar-refractivity contribution < 1.29 is 9.84 Å². The molecule has 0 bridgehead atoms. The van der Waals surface area contributed by atoms with E-state index >= 15 is 0 Å². The molecular weight excluding hydrogens is 152 g/mol. The molecule has 0 radical (unpaired) electrons. The van der Waals surface area contributed by atoms with Gasteiger partial charge in [-0.15, -0.1) is 0 Å². The van der Waals surface area contributed by atoms with Crippen LogP contribution in [0, 0.1) is 5.92 Å². The summed E-state index contributed by atoms with van der Waals surface area (Å²) in [7, 11) is 0. The summed E-state index contributed by atoms with van der Waals surface area (Å²) in [6.45, 7) is 3.82. The predicted octanol–water partition coefficient (Wildman–Crippen LogP) is 2.04. The average Bonchev–Trinajstić information content (AvgIpc) is 2.06. The Balaban J connectivity index is 2.53. The van der Waals surface area contributed by atoms with E-state index in [4.69, 9.17) is 4.74 Å². The molecule has 1 rings (SSSR count). The van der Waals surface area contributed by atoms with Crippen LogP contribution in [0.3, 0.4) is 0 Å². The van der Waals surface area contributed by atoms with E-state index in [9.17, 15) is 5.11 Å². The van der Waals surface area contributed by atoms with Gasteiger partial charge in [0.1, 0.15) is 5.75 Å². The molecule has 0 aliphatic rings. The van der Waals surface area contributed by atoms with Gasteiger partial charge in [0, 0.05) is 5.92 Å². The third kappa shape index (κ3) is 2.55. The van der Waals surface area contributed by atoms with Crippen molar-refractivity contribution in [3.05, 3.63) is 30.3 Å². The van der Waals surface area contributed by atoms with Gasteiger partial charge in [-0.05, 0) is 12.1 Å². The molecule has 2 nitrogen and oxygen atoms in total. The maximum atomic E-state index is 9.36. The van der Waals surface area contributed by atoms with E-state index in [0.29, 0.717) is 5.75 Å². The monoisotopic (exact) mass is 166 g/mol. The smallest absolute Gasteiger partial charge is 0.199 e. The third-order valence-electron chi connectivity index (χ3n) is 1.57. The largest absolute Gasteiger partial charge is 0.465 e. The fraction of sp³-hybridized carbons (Fsp3) is 0.400. The first-order valence-electron chi connectivity index (χ1n) is 4.10. The minimum atomic E-state index is -0.715. The molecular formula is C10H14O2. The fourth-order valence-corrected chi connectivity index (χ4v) is 0.775. The number of benzene rings is 1. The van der Waals surface area contributed by atoms with Crippen molar-refractivity contribution in [1.82, 2.24) is 0 Å². The lowest BCUT2D eigenvalue weighted by Gasteiger charge is -2.16. The second-order valence-electron chi connectivity index (χ2n) is 3.07. The van der Waals surface area contributed by atoms with Gasteiger partial charge in [0.2, 0.25) is 0 Å². The van der Waals surface area contributed by atoms with Gasteiger partial charge in [-0.2, -0.15) is 0 Å². The molecule has 1 unspecified atom stereocenters. The van der Waals surface area contributed by atoms with E-state index in [1.807, 2.05) is 44.2 Å². The quantitative estimate of drug-likeness (QED) is 0.696. The highest BCUT2D eigenvalue weighted by Crippen LogP contribution is 2.13. The summed E-state index contributed by atoms with van der Waals surface area (Å²) >= 11 is 0. The maximum absolute atomic E-state index is 9.36. The van der Waals surface area contributed by atoms with Gasteiger partial charge >= 0.3 is 0 Å². The standard InChI is InChI=1S/C10H14O2/c1-8(2)10(11)12-9-6-4-3-5-7-9/h3-8,10-11H,1-2H3. The van der Waals surface area contributed by atoms with Crippen molar-refractivity contribution in [3.8, 4) is 5.75 Å². The molecule has 12 heavy (non-hydrogen) atoms. The van der Waals surface area contributed by atoms with E-state index in [0.717, 1.165) is 0 Å². The highest BCUT2D eigenvalue weighted by atomic mass is 16.6. The first-order valence-corrected chi connectivity index (χ1v) is 4.10. The number of aliphatic hydroxyl groups excluding tert-OH is 1. The van der Waals surface area contributed by atoms with Crippen molar-refractivity contribution in [2.45, 2.75) is 20.1 Å². The van der Waals surface area contributed by atoms with Gasteiger partial charge in [0.05, 0.1) is 0 Å². The molecule has 0 aliphatic heterocycles. The molecule has 0 heterocycles. The van der Waals surface area contributed by atoms with Crippen LogP contribution in [0.15, 0.2) is 30.3 Å². The normalized spacial score (nSPS) is 13.0. The zero-order valence-corrected chi connectivity index (χ0v) is 7.40. The van der Waals surface area contributed by atoms with Gasteiger partial charge in [0.15, 0.2) is 6.29 Å². The van der Waals surface area contributed by atoms with Gasteiger partial charge in [-0.1, -0.05) is 32.0 Å². The van der Waals surface area contributed by atoms with E-state index in [1.54, 1.807) is 0 Å². The molecule has 0 aromatic heterocycles. The first-order chi connectivity index (χ1) is 5.70. The Morgan fingerprint density at radius 1 is 1.17 bits per heavy atom. The van der Waals surface area contributed by atoms with Crippen molar-refractivity contribution in [3.63, 3.8) is 0 Å². The van der Waals surface area contributed by atoms with E-state index < -0.39 is 6.29 Å². The van der Waals surface area contributed by atoms with Crippen molar-refractivity contribution in [2.75, 3.05) is 0 Å². The molecule has 1 N–H and O–H groups in total. The molecule has 0 spiro atoms. The van der Waals surface area contributed by atoms with Gasteiger partial charge in [-0.3, -0.25) is 0 Å². The summed E-state index contributed by atoms with van der Waals surface area (Å²) < 4.78 is 5.23. The summed E-state index contributed by atoms with van der Waals surface area (Å²) in [6, 6.07) is 9.32. The maximum Gasteiger partial charge on any atom is 0.199 e. The summed E-state index contributed by atoms with van der Waals surface area (Å²) in [5.41, 5.74) is 0. The number of rotatable bonds is 3. The fourth-order valence-electron chi connectivity index (χ4n) is 0.775. The number of aliphatic hydroxyl groups is 1. The molecule has 0 saturated carbocycles. The number of para-hydroxylation sites is 1. The summed E-state index contributed by atoms with van der Waals surface area (Å²) in [6.07, 6.45) is -0.715. The lowest BCUT2D eigenvalue weighted by atomic mass is 10.2. The highest BCUT2D eigenvalue weighted by molar-refractivity contribution is 5.20. The Bertz CT molecular complexity index is 219. The molecule has 2 heteroatoms. The molecule has 66 valence electrons. The molecule has 0 amide bonds. The van der Waals surface area contributed by atoms with Crippen LogP contribution in [0.4, 0.5) is 0 Å². The Morgan fingerprint density at radius 3 is 2.25 bits per heavy atom. The second kappa shape index (κ2) is 4.12. The average molecular weight is 166 g/mol. The van der Waals surface area contributed by atoms with Crippen LogP contribution in [0.25, 0.3) is 0 Å². The van der Waals surface area contributed by atoms with Gasteiger partial charge in [0.25, 0.3) is 0 Å². The van der Waals surface area contributed by atoms with Crippen molar-refractivity contribution >= 4 is 0 Å². The van der Waals surface area contributed by atoms with Crippen LogP contribution in [0.2, 0.25) is 0 Å². The Labute approximate surface area is 72.8 Å². The number of hydrogen-bond acceptors (Lipinski definition) is 2. The van der Waals surface area contributed by atoms with Crippen LogP contribution >= 0.6 is 0 Å². The number of ether oxygens (including phenoxy) is 1. The minimum absolute atomic E-state index is 0.116. The van der Waals surface area contributed by atoms with Crippen LogP contribution in [-0.2, 0) is 0 Å². The minimum Gasteiger partial charge on any atom is -0.465 e. The predicted molar refractivity (Wildman–Crippen MR) is 47.9 cm³/mol.